The van der Waals surface area contributed by atoms with Gasteiger partial charge in [0, 0.05) is 12.6 Å². The fourth-order valence-electron chi connectivity index (χ4n) is 0.791. The van der Waals surface area contributed by atoms with Gasteiger partial charge in [-0.3, -0.25) is 0 Å². The molecule has 0 amide bonds. The highest BCUT2D eigenvalue weighted by Gasteiger charge is 2.29. The number of aliphatic hydroxyl groups excluding tert-OH is 1. The minimum atomic E-state index is -4.13. The van der Waals surface area contributed by atoms with Crippen molar-refractivity contribution in [2.45, 2.75) is 38.6 Å². The molecule has 74 valence electrons. The van der Waals surface area contributed by atoms with Crippen molar-refractivity contribution >= 4 is 0 Å². The summed E-state index contributed by atoms with van der Waals surface area (Å²) in [6, 6.07) is -0.639. The highest BCUT2D eigenvalue weighted by molar-refractivity contribution is 4.66. The molecule has 0 aliphatic rings. The molecule has 0 rings (SSSR count). The SMILES string of the molecule is CC(CC(F)(F)F)NC[C@H](C)O. The first-order valence-corrected chi connectivity index (χ1v) is 3.79. The zero-order valence-corrected chi connectivity index (χ0v) is 7.15. The topological polar surface area (TPSA) is 32.3 Å². The van der Waals surface area contributed by atoms with E-state index in [1.54, 1.807) is 0 Å². The van der Waals surface area contributed by atoms with Crippen LogP contribution in [0.4, 0.5) is 13.2 Å². The summed E-state index contributed by atoms with van der Waals surface area (Å²) < 4.78 is 35.2. The van der Waals surface area contributed by atoms with E-state index in [1.807, 2.05) is 0 Å². The van der Waals surface area contributed by atoms with Gasteiger partial charge in [0.2, 0.25) is 0 Å². The third kappa shape index (κ3) is 7.81. The Morgan fingerprint density at radius 3 is 2.17 bits per heavy atom. The summed E-state index contributed by atoms with van der Waals surface area (Å²) in [4.78, 5) is 0. The Kier molecular flexibility index (Phi) is 4.55. The predicted octanol–water partition coefficient (Wildman–Crippen LogP) is 1.30. The van der Waals surface area contributed by atoms with Crippen LogP contribution < -0.4 is 5.32 Å². The minimum absolute atomic E-state index is 0.192. The second-order valence-electron chi connectivity index (χ2n) is 2.98. The number of hydrogen-bond donors (Lipinski definition) is 2. The molecule has 0 saturated carbocycles. The van der Waals surface area contributed by atoms with Crippen LogP contribution in [0, 0.1) is 0 Å². The molecule has 5 heteroatoms. The normalized spacial score (nSPS) is 17.5. The van der Waals surface area contributed by atoms with E-state index in [4.69, 9.17) is 5.11 Å². The number of nitrogens with one attached hydrogen (secondary N) is 1. The van der Waals surface area contributed by atoms with Crippen molar-refractivity contribution in [3.05, 3.63) is 0 Å². The van der Waals surface area contributed by atoms with E-state index in [9.17, 15) is 13.2 Å². The van der Waals surface area contributed by atoms with Crippen LogP contribution in [0.5, 0.6) is 0 Å². The molecule has 12 heavy (non-hydrogen) atoms. The highest BCUT2D eigenvalue weighted by atomic mass is 19.4. The second kappa shape index (κ2) is 4.67. The van der Waals surface area contributed by atoms with Gasteiger partial charge in [-0.15, -0.1) is 0 Å². The van der Waals surface area contributed by atoms with Crippen molar-refractivity contribution in [1.29, 1.82) is 0 Å². The first kappa shape index (κ1) is 11.7. The molecule has 2 N–H and O–H groups in total. The van der Waals surface area contributed by atoms with E-state index < -0.39 is 24.7 Å². The third-order valence-electron chi connectivity index (χ3n) is 1.30. The summed E-state index contributed by atoms with van der Waals surface area (Å²) in [5.74, 6) is 0. The molecule has 0 aromatic rings. The lowest BCUT2D eigenvalue weighted by Gasteiger charge is -2.16. The van der Waals surface area contributed by atoms with Crippen LogP contribution in [0.25, 0.3) is 0 Å². The van der Waals surface area contributed by atoms with Crippen LogP contribution in [-0.2, 0) is 0 Å². The van der Waals surface area contributed by atoms with Gasteiger partial charge in [-0.25, -0.2) is 0 Å². The third-order valence-corrected chi connectivity index (χ3v) is 1.30. The van der Waals surface area contributed by atoms with Crippen molar-refractivity contribution in [1.82, 2.24) is 5.32 Å². The maximum atomic E-state index is 11.7. The second-order valence-corrected chi connectivity index (χ2v) is 2.98. The van der Waals surface area contributed by atoms with Crippen molar-refractivity contribution < 1.29 is 18.3 Å². The molecule has 0 aliphatic carbocycles. The molecule has 0 fully saturated rings. The molecule has 2 nitrogen and oxygen atoms in total. The number of alkyl halides is 3. The molecule has 0 saturated heterocycles. The van der Waals surface area contributed by atoms with E-state index in [1.165, 1.54) is 13.8 Å². The van der Waals surface area contributed by atoms with Gasteiger partial charge in [0.25, 0.3) is 0 Å². The summed E-state index contributed by atoms with van der Waals surface area (Å²) in [5.41, 5.74) is 0. The summed E-state index contributed by atoms with van der Waals surface area (Å²) in [6.07, 6.45) is -5.61. The average molecular weight is 185 g/mol. The van der Waals surface area contributed by atoms with Crippen molar-refractivity contribution in [2.24, 2.45) is 0 Å². The van der Waals surface area contributed by atoms with E-state index in [0.717, 1.165) is 0 Å². The van der Waals surface area contributed by atoms with Crippen LogP contribution in [0.15, 0.2) is 0 Å². The molecule has 0 heterocycles. The molecule has 0 aromatic carbocycles. The van der Waals surface area contributed by atoms with Gasteiger partial charge in [0.15, 0.2) is 0 Å². The minimum Gasteiger partial charge on any atom is -0.392 e. The molecule has 0 radical (unpaired) electrons. The zero-order valence-electron chi connectivity index (χ0n) is 7.15. The number of rotatable bonds is 4. The molecule has 1 unspecified atom stereocenters. The Hall–Kier alpha value is -0.290. The molecule has 0 spiro atoms. The van der Waals surface area contributed by atoms with Gasteiger partial charge < -0.3 is 10.4 Å². The Labute approximate surface area is 69.8 Å². The van der Waals surface area contributed by atoms with Crippen LogP contribution >= 0.6 is 0 Å². The Morgan fingerprint density at radius 2 is 1.83 bits per heavy atom. The average Bonchev–Trinajstić information content (AvgIpc) is 1.79. The van der Waals surface area contributed by atoms with Crippen LogP contribution in [0.3, 0.4) is 0 Å². The van der Waals surface area contributed by atoms with Gasteiger partial charge >= 0.3 is 6.18 Å². The van der Waals surface area contributed by atoms with Gasteiger partial charge in [0.05, 0.1) is 12.5 Å². The predicted molar refractivity (Wildman–Crippen MR) is 39.8 cm³/mol. The van der Waals surface area contributed by atoms with Crippen LogP contribution in [0.2, 0.25) is 0 Å². The van der Waals surface area contributed by atoms with Gasteiger partial charge in [-0.1, -0.05) is 0 Å². The molecular formula is C7H14F3NO. The largest absolute Gasteiger partial charge is 0.392 e. The molecule has 2 atom stereocenters. The smallest absolute Gasteiger partial charge is 0.390 e. The summed E-state index contributed by atoms with van der Waals surface area (Å²) in [6.45, 7) is 3.15. The summed E-state index contributed by atoms with van der Waals surface area (Å²) in [5, 5.41) is 11.3. The standard InChI is InChI=1S/C7H14F3NO/c1-5(3-7(8,9)10)11-4-6(2)12/h5-6,11-12H,3-4H2,1-2H3/t5?,6-/m0/s1. The van der Waals surface area contributed by atoms with Crippen LogP contribution in [-0.4, -0.2) is 30.0 Å². The summed E-state index contributed by atoms with van der Waals surface area (Å²) in [7, 11) is 0. The van der Waals surface area contributed by atoms with Gasteiger partial charge in [-0.05, 0) is 13.8 Å². The van der Waals surface area contributed by atoms with E-state index in [-0.39, 0.29) is 6.54 Å². The van der Waals surface area contributed by atoms with E-state index in [2.05, 4.69) is 5.32 Å². The number of halogens is 3. The van der Waals surface area contributed by atoms with Gasteiger partial charge in [-0.2, -0.15) is 13.2 Å². The first-order valence-electron chi connectivity index (χ1n) is 3.79. The van der Waals surface area contributed by atoms with Gasteiger partial charge in [0.1, 0.15) is 0 Å². The van der Waals surface area contributed by atoms with E-state index in [0.29, 0.717) is 0 Å². The fraction of sp³-hybridized carbons (Fsp3) is 1.00. The Bertz CT molecular complexity index is 124. The Morgan fingerprint density at radius 1 is 1.33 bits per heavy atom. The molecule has 0 aliphatic heterocycles. The lowest BCUT2D eigenvalue weighted by Crippen LogP contribution is -2.35. The zero-order chi connectivity index (χ0) is 9.78. The number of hydrogen-bond acceptors (Lipinski definition) is 2. The fourth-order valence-corrected chi connectivity index (χ4v) is 0.791. The quantitative estimate of drug-likeness (QED) is 0.691. The van der Waals surface area contributed by atoms with Crippen molar-refractivity contribution in [3.8, 4) is 0 Å². The van der Waals surface area contributed by atoms with Crippen molar-refractivity contribution in [3.63, 3.8) is 0 Å². The highest BCUT2D eigenvalue weighted by Crippen LogP contribution is 2.21. The van der Waals surface area contributed by atoms with E-state index >= 15 is 0 Å². The molecule has 0 bridgehead atoms. The Balaban J connectivity index is 3.53. The lowest BCUT2D eigenvalue weighted by molar-refractivity contribution is -0.139. The maximum Gasteiger partial charge on any atom is 0.390 e. The monoisotopic (exact) mass is 185 g/mol. The molecule has 0 aromatic heterocycles. The summed E-state index contributed by atoms with van der Waals surface area (Å²) >= 11 is 0. The van der Waals surface area contributed by atoms with Crippen molar-refractivity contribution in [2.75, 3.05) is 6.54 Å². The number of aliphatic hydroxyl groups is 1. The first-order chi connectivity index (χ1) is 5.31. The molecular weight excluding hydrogens is 171 g/mol. The van der Waals surface area contributed by atoms with Crippen LogP contribution in [0.1, 0.15) is 20.3 Å². The maximum absolute atomic E-state index is 11.7. The lowest BCUT2D eigenvalue weighted by atomic mass is 10.2.